The van der Waals surface area contributed by atoms with E-state index in [1.54, 1.807) is 6.20 Å². The molecule has 0 saturated carbocycles. The van der Waals surface area contributed by atoms with Crippen molar-refractivity contribution in [3.05, 3.63) is 42.1 Å². The number of piperazine rings is 1. The highest BCUT2D eigenvalue weighted by Crippen LogP contribution is 2.28. The zero-order valence-corrected chi connectivity index (χ0v) is 12.3. The van der Waals surface area contributed by atoms with Crippen LogP contribution in [0, 0.1) is 0 Å². The van der Waals surface area contributed by atoms with Crippen LogP contribution in [0.5, 0.6) is 0 Å². The molecule has 2 unspecified atom stereocenters. The number of nitrogens with zero attached hydrogens (tertiary/aromatic N) is 3. The van der Waals surface area contributed by atoms with Crippen LogP contribution in [0.2, 0.25) is 0 Å². The van der Waals surface area contributed by atoms with Gasteiger partial charge in [0, 0.05) is 23.6 Å². The Hall–Kier alpha value is -1.94. The molecule has 0 N–H and O–H groups in total. The summed E-state index contributed by atoms with van der Waals surface area (Å²) in [6.07, 6.45) is 2.91. The second-order valence-corrected chi connectivity index (χ2v) is 6.60. The van der Waals surface area contributed by atoms with E-state index >= 15 is 0 Å². The summed E-state index contributed by atoms with van der Waals surface area (Å²) in [5.41, 5.74) is 1.66. The second-order valence-electron chi connectivity index (χ2n) is 6.60. The summed E-state index contributed by atoms with van der Waals surface area (Å²) in [5, 5.41) is 1.08. The van der Waals surface area contributed by atoms with Crippen molar-refractivity contribution in [3.63, 3.8) is 0 Å². The molecule has 108 valence electrons. The molecule has 2 aliphatic heterocycles. The Bertz CT molecular complexity index is 714. The molecule has 2 atom stereocenters. The van der Waals surface area contributed by atoms with Gasteiger partial charge in [-0.3, -0.25) is 9.78 Å². The maximum Gasteiger partial charge on any atom is 0.254 e. The number of hydrogen-bond acceptors (Lipinski definition) is 2. The minimum absolute atomic E-state index is 0.167. The van der Waals surface area contributed by atoms with Gasteiger partial charge in [-0.2, -0.15) is 0 Å². The van der Waals surface area contributed by atoms with Gasteiger partial charge in [0.1, 0.15) is 0 Å². The van der Waals surface area contributed by atoms with Gasteiger partial charge in [0.2, 0.25) is 0 Å². The molecule has 2 fully saturated rings. The van der Waals surface area contributed by atoms with Crippen LogP contribution in [0.25, 0.3) is 10.9 Å². The van der Waals surface area contributed by atoms with Crippen molar-refractivity contribution in [1.82, 2.24) is 9.88 Å². The fraction of sp³-hybridized carbons (Fsp3) is 0.412. The number of likely N-dealkylation sites (N-methyl/N-ethyl adjacent to an activating group) is 1. The molecule has 2 aliphatic rings. The zero-order chi connectivity index (χ0) is 14.4. The van der Waals surface area contributed by atoms with Crippen molar-refractivity contribution in [1.29, 1.82) is 0 Å². The normalized spacial score (nSPS) is 28.0. The van der Waals surface area contributed by atoms with Gasteiger partial charge < -0.3 is 9.38 Å². The lowest BCUT2D eigenvalue weighted by Gasteiger charge is -2.39. The summed E-state index contributed by atoms with van der Waals surface area (Å²) in [5.74, 6) is 0.167. The Kier molecular flexibility index (Phi) is 2.76. The third kappa shape index (κ3) is 2.10. The van der Waals surface area contributed by atoms with Crippen LogP contribution < -0.4 is 0 Å². The maximum absolute atomic E-state index is 12.8. The molecule has 1 aromatic carbocycles. The van der Waals surface area contributed by atoms with E-state index in [0.717, 1.165) is 47.0 Å². The number of rotatable bonds is 1. The van der Waals surface area contributed by atoms with Crippen LogP contribution in [-0.4, -0.2) is 59.5 Å². The Balaban J connectivity index is 1.64. The Morgan fingerprint density at radius 1 is 1.33 bits per heavy atom. The van der Waals surface area contributed by atoms with Gasteiger partial charge in [-0.05, 0) is 18.2 Å². The Morgan fingerprint density at radius 3 is 3.14 bits per heavy atom. The number of amides is 1. The number of pyridine rings is 1. The molecular weight excluding hydrogens is 262 g/mol. The van der Waals surface area contributed by atoms with Crippen LogP contribution in [0.3, 0.4) is 0 Å². The van der Waals surface area contributed by atoms with Gasteiger partial charge in [-0.15, -0.1) is 0 Å². The number of hydrogen-bond donors (Lipinski definition) is 0. The van der Waals surface area contributed by atoms with Crippen molar-refractivity contribution in [2.24, 2.45) is 0 Å². The van der Waals surface area contributed by atoms with E-state index in [0.29, 0.717) is 6.04 Å². The van der Waals surface area contributed by atoms with Gasteiger partial charge in [-0.1, -0.05) is 12.1 Å². The molecule has 0 spiro atoms. The molecule has 2 aromatic rings. The fourth-order valence-corrected chi connectivity index (χ4v) is 3.77. The van der Waals surface area contributed by atoms with Crippen molar-refractivity contribution in [2.75, 3.05) is 33.2 Å². The molecule has 4 nitrogen and oxygen atoms in total. The number of benzene rings is 1. The summed E-state index contributed by atoms with van der Waals surface area (Å²) in [6, 6.07) is 10.2. The minimum Gasteiger partial charge on any atom is -0.324 e. The molecule has 4 heteroatoms. The molecule has 0 aliphatic carbocycles. The first-order chi connectivity index (χ1) is 10.1. The Morgan fingerprint density at radius 2 is 2.24 bits per heavy atom. The maximum atomic E-state index is 12.8. The summed E-state index contributed by atoms with van der Waals surface area (Å²) < 4.78 is 1.13. The van der Waals surface area contributed by atoms with E-state index in [2.05, 4.69) is 16.9 Å². The highest BCUT2D eigenvalue weighted by atomic mass is 16.2. The van der Waals surface area contributed by atoms with Crippen LogP contribution >= 0.6 is 0 Å². The van der Waals surface area contributed by atoms with E-state index in [4.69, 9.17) is 0 Å². The van der Waals surface area contributed by atoms with Crippen LogP contribution in [0.4, 0.5) is 0 Å². The van der Waals surface area contributed by atoms with E-state index in [1.165, 1.54) is 6.54 Å². The lowest BCUT2D eigenvalue weighted by Crippen LogP contribution is -2.56. The average molecular weight is 282 g/mol. The van der Waals surface area contributed by atoms with Gasteiger partial charge >= 0.3 is 0 Å². The highest BCUT2D eigenvalue weighted by Gasteiger charge is 2.44. The highest BCUT2D eigenvalue weighted by molar-refractivity contribution is 5.98. The van der Waals surface area contributed by atoms with Crippen LogP contribution in [0.15, 0.2) is 36.5 Å². The third-order valence-corrected chi connectivity index (χ3v) is 5.09. The van der Waals surface area contributed by atoms with E-state index in [9.17, 15) is 4.79 Å². The van der Waals surface area contributed by atoms with Crippen molar-refractivity contribution in [3.8, 4) is 0 Å². The third-order valence-electron chi connectivity index (χ3n) is 5.09. The molecule has 2 saturated heterocycles. The van der Waals surface area contributed by atoms with Crippen molar-refractivity contribution in [2.45, 2.75) is 12.5 Å². The van der Waals surface area contributed by atoms with Crippen molar-refractivity contribution < 1.29 is 9.28 Å². The first-order valence-electron chi connectivity index (χ1n) is 7.64. The van der Waals surface area contributed by atoms with Gasteiger partial charge in [0.05, 0.1) is 44.8 Å². The van der Waals surface area contributed by atoms with Crippen LogP contribution in [-0.2, 0) is 0 Å². The molecule has 21 heavy (non-hydrogen) atoms. The summed E-state index contributed by atoms with van der Waals surface area (Å²) >= 11 is 0. The Labute approximate surface area is 124 Å². The van der Waals surface area contributed by atoms with E-state index in [1.807, 2.05) is 30.3 Å². The predicted octanol–water partition coefficient (Wildman–Crippen LogP) is 1.91. The van der Waals surface area contributed by atoms with E-state index in [-0.39, 0.29) is 5.91 Å². The average Bonchev–Trinajstić information content (AvgIpc) is 2.82. The smallest absolute Gasteiger partial charge is 0.254 e. The van der Waals surface area contributed by atoms with Gasteiger partial charge in [0.25, 0.3) is 5.91 Å². The zero-order valence-electron chi connectivity index (χ0n) is 12.3. The molecule has 3 heterocycles. The first kappa shape index (κ1) is 12.8. The standard InChI is InChI=1S/C17H20N3O/c1-20-9-6-15(12-20)19(8-10-20)17(21)14-5-4-13-3-2-7-18-16(13)11-14/h2-5,7,11,15H,6,8-10,12H2,1H3/q+1. The second kappa shape index (κ2) is 4.53. The number of quaternary nitrogens is 1. The SMILES string of the molecule is C[N+]12CCC(C1)N(C(=O)c1ccc3cccnc3c1)CC2. The fourth-order valence-electron chi connectivity index (χ4n) is 3.77. The topological polar surface area (TPSA) is 33.2 Å². The largest absolute Gasteiger partial charge is 0.324 e. The summed E-state index contributed by atoms with van der Waals surface area (Å²) in [6.45, 7) is 4.26. The molecule has 4 rings (SSSR count). The first-order valence-corrected chi connectivity index (χ1v) is 7.64. The van der Waals surface area contributed by atoms with Crippen molar-refractivity contribution >= 4 is 16.8 Å². The minimum atomic E-state index is 0.167. The lowest BCUT2D eigenvalue weighted by atomic mass is 10.1. The molecule has 0 radical (unpaired) electrons. The number of fused-ring (bicyclic) bond motifs is 3. The van der Waals surface area contributed by atoms with Gasteiger partial charge in [0.15, 0.2) is 0 Å². The number of carbonyl (C=O) groups is 1. The summed E-state index contributed by atoms with van der Waals surface area (Å²) in [4.78, 5) is 19.3. The monoisotopic (exact) mass is 282 g/mol. The number of aromatic nitrogens is 1. The lowest BCUT2D eigenvalue weighted by molar-refractivity contribution is -0.901. The quantitative estimate of drug-likeness (QED) is 0.749. The van der Waals surface area contributed by atoms with Crippen LogP contribution in [0.1, 0.15) is 16.8 Å². The number of carbonyl (C=O) groups excluding carboxylic acids is 1. The van der Waals surface area contributed by atoms with E-state index < -0.39 is 0 Å². The molecule has 1 aromatic heterocycles. The molecular formula is C17H20N3O+. The molecule has 2 bridgehead atoms. The summed E-state index contributed by atoms with van der Waals surface area (Å²) in [7, 11) is 2.31. The predicted molar refractivity (Wildman–Crippen MR) is 82.0 cm³/mol. The van der Waals surface area contributed by atoms with Gasteiger partial charge in [-0.25, -0.2) is 0 Å². The molecule has 1 amide bonds.